The molecule has 0 spiro atoms. The number of rotatable bonds is 1. The lowest BCUT2D eigenvalue weighted by molar-refractivity contribution is 1.22. The van der Waals surface area contributed by atoms with E-state index in [0.717, 1.165) is 20.9 Å². The van der Waals surface area contributed by atoms with Crippen molar-refractivity contribution in [3.8, 4) is 11.4 Å². The standard InChI is InChI=1S/C13H6BrCl3N2S/c1-5-8(14)3-2-6-10(5)18-13(19-11(6)16)7-4-9(15)20-12(7)17/h2-4H,1H3. The van der Waals surface area contributed by atoms with Gasteiger partial charge in [0.25, 0.3) is 0 Å². The van der Waals surface area contributed by atoms with E-state index in [0.29, 0.717) is 25.2 Å². The molecule has 0 aliphatic carbocycles. The van der Waals surface area contributed by atoms with E-state index in [1.807, 2.05) is 19.1 Å². The van der Waals surface area contributed by atoms with E-state index < -0.39 is 0 Å². The molecule has 0 N–H and O–H groups in total. The van der Waals surface area contributed by atoms with Gasteiger partial charge in [-0.25, -0.2) is 9.97 Å². The number of aryl methyl sites for hydroxylation is 1. The monoisotopic (exact) mass is 406 g/mol. The summed E-state index contributed by atoms with van der Waals surface area (Å²) in [4.78, 5) is 8.90. The Labute approximate surface area is 142 Å². The second-order valence-electron chi connectivity index (χ2n) is 4.14. The lowest BCUT2D eigenvalue weighted by Crippen LogP contribution is -1.93. The third-order valence-electron chi connectivity index (χ3n) is 2.91. The van der Waals surface area contributed by atoms with Crippen LogP contribution < -0.4 is 0 Å². The third-order valence-corrected chi connectivity index (χ3v) is 5.54. The van der Waals surface area contributed by atoms with Gasteiger partial charge in [0.2, 0.25) is 0 Å². The van der Waals surface area contributed by atoms with Crippen LogP contribution in [0.1, 0.15) is 5.56 Å². The van der Waals surface area contributed by atoms with Crippen molar-refractivity contribution in [2.45, 2.75) is 6.92 Å². The summed E-state index contributed by atoms with van der Waals surface area (Å²) in [6, 6.07) is 5.57. The Morgan fingerprint density at radius 2 is 1.90 bits per heavy atom. The summed E-state index contributed by atoms with van der Waals surface area (Å²) >= 11 is 23.2. The second-order valence-corrected chi connectivity index (χ2v) is 7.64. The topological polar surface area (TPSA) is 25.8 Å². The highest BCUT2D eigenvalue weighted by atomic mass is 79.9. The average Bonchev–Trinajstić information content (AvgIpc) is 2.73. The van der Waals surface area contributed by atoms with Crippen molar-refractivity contribution in [1.82, 2.24) is 9.97 Å². The highest BCUT2D eigenvalue weighted by Gasteiger charge is 2.15. The number of hydrogen-bond acceptors (Lipinski definition) is 3. The number of thiophene rings is 1. The summed E-state index contributed by atoms with van der Waals surface area (Å²) in [7, 11) is 0. The van der Waals surface area contributed by atoms with Crippen molar-refractivity contribution in [3.05, 3.63) is 42.1 Å². The van der Waals surface area contributed by atoms with Crippen molar-refractivity contribution < 1.29 is 0 Å². The summed E-state index contributed by atoms with van der Waals surface area (Å²) in [5.41, 5.74) is 2.50. The Bertz CT molecular complexity index is 832. The zero-order valence-corrected chi connectivity index (χ0v) is 14.7. The van der Waals surface area contributed by atoms with Gasteiger partial charge in [0.15, 0.2) is 5.82 Å². The summed E-state index contributed by atoms with van der Waals surface area (Å²) in [6.45, 7) is 1.97. The molecule has 7 heteroatoms. The maximum Gasteiger partial charge on any atom is 0.163 e. The van der Waals surface area contributed by atoms with Crippen LogP contribution in [0.25, 0.3) is 22.3 Å². The lowest BCUT2D eigenvalue weighted by Gasteiger charge is -2.07. The molecule has 0 saturated heterocycles. The summed E-state index contributed by atoms with van der Waals surface area (Å²) in [5.74, 6) is 0.483. The van der Waals surface area contributed by atoms with Gasteiger partial charge in [-0.1, -0.05) is 50.7 Å². The molecule has 3 aromatic rings. The Kier molecular flexibility index (Phi) is 3.95. The zero-order valence-electron chi connectivity index (χ0n) is 10.0. The van der Waals surface area contributed by atoms with Gasteiger partial charge in [-0.15, -0.1) is 11.3 Å². The third kappa shape index (κ3) is 2.44. The molecule has 20 heavy (non-hydrogen) atoms. The van der Waals surface area contributed by atoms with Crippen molar-refractivity contribution in [1.29, 1.82) is 0 Å². The van der Waals surface area contributed by atoms with Crippen LogP contribution >= 0.6 is 62.1 Å². The fourth-order valence-electron chi connectivity index (χ4n) is 1.88. The molecule has 0 aliphatic heterocycles. The normalized spacial score (nSPS) is 11.2. The van der Waals surface area contributed by atoms with Gasteiger partial charge in [0.05, 0.1) is 15.4 Å². The number of aromatic nitrogens is 2. The fraction of sp³-hybridized carbons (Fsp3) is 0.0769. The minimum absolute atomic E-state index is 0.402. The SMILES string of the molecule is Cc1c(Br)ccc2c(Cl)nc(-c3cc(Cl)sc3Cl)nc12. The first-order valence-corrected chi connectivity index (χ1v) is 8.29. The molecule has 0 aliphatic rings. The molecule has 0 bridgehead atoms. The van der Waals surface area contributed by atoms with E-state index >= 15 is 0 Å². The molecular formula is C13H6BrCl3N2S. The first-order valence-electron chi connectivity index (χ1n) is 5.55. The number of fused-ring (bicyclic) bond motifs is 1. The molecule has 3 rings (SSSR count). The zero-order chi connectivity index (χ0) is 14.4. The van der Waals surface area contributed by atoms with Crippen LogP contribution in [-0.2, 0) is 0 Å². The van der Waals surface area contributed by atoms with Crippen molar-refractivity contribution >= 4 is 73.0 Å². The maximum absolute atomic E-state index is 6.26. The summed E-state index contributed by atoms with van der Waals surface area (Å²) < 4.78 is 2.12. The molecule has 1 aromatic carbocycles. The van der Waals surface area contributed by atoms with Crippen LogP contribution in [0.4, 0.5) is 0 Å². The minimum atomic E-state index is 0.402. The van der Waals surface area contributed by atoms with Crippen LogP contribution in [0, 0.1) is 6.92 Å². The van der Waals surface area contributed by atoms with Gasteiger partial charge in [0, 0.05) is 9.86 Å². The molecule has 0 amide bonds. The van der Waals surface area contributed by atoms with Gasteiger partial charge in [0.1, 0.15) is 9.49 Å². The average molecular weight is 409 g/mol. The van der Waals surface area contributed by atoms with E-state index in [1.54, 1.807) is 6.07 Å². The van der Waals surface area contributed by atoms with E-state index in [9.17, 15) is 0 Å². The molecule has 0 radical (unpaired) electrons. The molecular weight excluding hydrogens is 402 g/mol. The van der Waals surface area contributed by atoms with Crippen LogP contribution in [0.3, 0.4) is 0 Å². The van der Waals surface area contributed by atoms with E-state index in [1.165, 1.54) is 11.3 Å². The quantitative estimate of drug-likeness (QED) is 0.436. The van der Waals surface area contributed by atoms with E-state index in [-0.39, 0.29) is 0 Å². The minimum Gasteiger partial charge on any atom is -0.227 e. The molecule has 0 fully saturated rings. The Hall–Kier alpha value is -0.390. The van der Waals surface area contributed by atoms with Gasteiger partial charge in [-0.3, -0.25) is 0 Å². The fourth-order valence-corrected chi connectivity index (χ4v) is 3.89. The number of hydrogen-bond donors (Lipinski definition) is 0. The summed E-state index contributed by atoms with van der Waals surface area (Å²) in [5, 5.41) is 1.22. The maximum atomic E-state index is 6.26. The van der Waals surface area contributed by atoms with Gasteiger partial charge in [-0.2, -0.15) is 0 Å². The van der Waals surface area contributed by atoms with Crippen molar-refractivity contribution in [2.75, 3.05) is 0 Å². The Morgan fingerprint density at radius 1 is 1.15 bits per heavy atom. The highest BCUT2D eigenvalue weighted by Crippen LogP contribution is 2.38. The van der Waals surface area contributed by atoms with Crippen LogP contribution in [0.2, 0.25) is 13.8 Å². The van der Waals surface area contributed by atoms with E-state index in [4.69, 9.17) is 34.8 Å². The molecule has 2 aromatic heterocycles. The number of halogens is 4. The highest BCUT2D eigenvalue weighted by molar-refractivity contribution is 9.10. The van der Waals surface area contributed by atoms with Crippen LogP contribution in [-0.4, -0.2) is 9.97 Å². The molecule has 0 saturated carbocycles. The lowest BCUT2D eigenvalue weighted by atomic mass is 10.1. The first kappa shape index (κ1) is 14.5. The van der Waals surface area contributed by atoms with Gasteiger partial charge < -0.3 is 0 Å². The number of nitrogens with zero attached hydrogens (tertiary/aromatic N) is 2. The number of benzene rings is 1. The van der Waals surface area contributed by atoms with Crippen LogP contribution in [0.15, 0.2) is 22.7 Å². The smallest absolute Gasteiger partial charge is 0.163 e. The summed E-state index contributed by atoms with van der Waals surface area (Å²) in [6.07, 6.45) is 0. The molecule has 2 heterocycles. The first-order chi connectivity index (χ1) is 9.47. The van der Waals surface area contributed by atoms with Crippen molar-refractivity contribution in [3.63, 3.8) is 0 Å². The predicted molar refractivity (Wildman–Crippen MR) is 90.3 cm³/mol. The predicted octanol–water partition coefficient (Wildman–Crippen LogP) is 6.39. The van der Waals surface area contributed by atoms with Gasteiger partial charge in [-0.05, 0) is 30.7 Å². The van der Waals surface area contributed by atoms with Crippen LogP contribution in [0.5, 0.6) is 0 Å². The Balaban J connectivity index is 2.34. The second kappa shape index (κ2) is 5.43. The van der Waals surface area contributed by atoms with Gasteiger partial charge >= 0.3 is 0 Å². The molecule has 0 atom stereocenters. The van der Waals surface area contributed by atoms with E-state index in [2.05, 4.69) is 25.9 Å². The molecule has 102 valence electrons. The molecule has 0 unspecified atom stereocenters. The molecule has 2 nitrogen and oxygen atoms in total. The van der Waals surface area contributed by atoms with Crippen molar-refractivity contribution in [2.24, 2.45) is 0 Å². The Morgan fingerprint density at radius 3 is 2.55 bits per heavy atom. The largest absolute Gasteiger partial charge is 0.227 e.